The van der Waals surface area contributed by atoms with E-state index in [0.717, 1.165) is 5.56 Å². The number of amides is 3. The Morgan fingerprint density at radius 2 is 1.82 bits per heavy atom. The Bertz CT molecular complexity index is 971. The standard InChI is InChI=1S/C23H25BFN3O5/c24-20-18(21(29)28-32)2-1-11-33-17-9-5-14(6-10-17)12-19(27-23(20)31)22(30)26-13-15-3-7-16(25)8-4-15/h3-10,18-20,32H,1-2,11-13H2,(H,26,30)(H,27,31)(H,28,29)/t18-,19-,20+/m0/s1. The van der Waals surface area contributed by atoms with Gasteiger partial charge in [0, 0.05) is 24.7 Å². The summed E-state index contributed by atoms with van der Waals surface area (Å²) in [5.74, 6) is -3.99. The Morgan fingerprint density at radius 3 is 2.48 bits per heavy atom. The van der Waals surface area contributed by atoms with Gasteiger partial charge in [0.2, 0.25) is 17.7 Å². The van der Waals surface area contributed by atoms with Crippen LogP contribution < -0.4 is 20.9 Å². The molecule has 0 fully saturated rings. The van der Waals surface area contributed by atoms with Gasteiger partial charge in [0.15, 0.2) is 0 Å². The zero-order valence-corrected chi connectivity index (χ0v) is 17.9. The predicted octanol–water partition coefficient (Wildman–Crippen LogP) is 1.42. The first-order chi connectivity index (χ1) is 15.9. The maximum atomic E-state index is 13.1. The fourth-order valence-electron chi connectivity index (χ4n) is 3.58. The van der Waals surface area contributed by atoms with Gasteiger partial charge in [-0.1, -0.05) is 24.3 Å². The van der Waals surface area contributed by atoms with Crippen molar-refractivity contribution in [3.63, 3.8) is 0 Å². The van der Waals surface area contributed by atoms with Crippen molar-refractivity contribution >= 4 is 25.6 Å². The van der Waals surface area contributed by atoms with Crippen molar-refractivity contribution in [2.45, 2.75) is 37.7 Å². The number of carbonyl (C=O) groups excluding carboxylic acids is 3. The molecule has 3 amide bonds. The number of benzene rings is 2. The second-order valence-corrected chi connectivity index (χ2v) is 7.85. The maximum Gasteiger partial charge on any atom is 0.246 e. The minimum absolute atomic E-state index is 0.139. The lowest BCUT2D eigenvalue weighted by Crippen LogP contribution is -2.50. The Morgan fingerprint density at radius 1 is 1.12 bits per heavy atom. The molecule has 2 heterocycles. The molecule has 0 saturated heterocycles. The van der Waals surface area contributed by atoms with Crippen LogP contribution in [0, 0.1) is 11.7 Å². The lowest BCUT2D eigenvalue weighted by Gasteiger charge is -2.26. The van der Waals surface area contributed by atoms with Gasteiger partial charge >= 0.3 is 0 Å². The second-order valence-electron chi connectivity index (χ2n) is 7.85. The molecule has 10 heteroatoms. The lowest BCUT2D eigenvalue weighted by atomic mass is 9.73. The second kappa shape index (κ2) is 11.5. The van der Waals surface area contributed by atoms with Crippen LogP contribution in [0.5, 0.6) is 5.75 Å². The van der Waals surface area contributed by atoms with E-state index < -0.39 is 35.5 Å². The Hall–Kier alpha value is -3.40. The molecule has 2 aliphatic rings. The first-order valence-electron chi connectivity index (χ1n) is 10.6. The number of halogens is 1. The zero-order valence-electron chi connectivity index (χ0n) is 17.9. The molecule has 4 rings (SSSR count). The summed E-state index contributed by atoms with van der Waals surface area (Å²) in [5, 5.41) is 14.4. The highest BCUT2D eigenvalue weighted by atomic mass is 19.1. The zero-order chi connectivity index (χ0) is 23.8. The van der Waals surface area contributed by atoms with Gasteiger partial charge in [-0.05, 0) is 48.2 Å². The van der Waals surface area contributed by atoms with Gasteiger partial charge in [-0.3, -0.25) is 19.6 Å². The van der Waals surface area contributed by atoms with Crippen LogP contribution in [0.1, 0.15) is 24.0 Å². The Kier molecular flexibility index (Phi) is 8.42. The van der Waals surface area contributed by atoms with E-state index in [1.807, 2.05) is 0 Å². The van der Waals surface area contributed by atoms with Crippen LogP contribution in [0.2, 0.25) is 5.82 Å². The molecule has 2 aliphatic heterocycles. The van der Waals surface area contributed by atoms with Crippen molar-refractivity contribution in [3.8, 4) is 5.75 Å². The van der Waals surface area contributed by atoms with Crippen molar-refractivity contribution in [1.82, 2.24) is 16.1 Å². The number of carbonyl (C=O) groups is 3. The molecule has 2 aromatic carbocycles. The van der Waals surface area contributed by atoms with Crippen LogP contribution in [0.3, 0.4) is 0 Å². The van der Waals surface area contributed by atoms with Gasteiger partial charge in [0.05, 0.1) is 14.5 Å². The van der Waals surface area contributed by atoms with Crippen LogP contribution >= 0.6 is 0 Å². The van der Waals surface area contributed by atoms with Crippen molar-refractivity contribution in [3.05, 3.63) is 65.5 Å². The molecule has 0 aliphatic carbocycles. The van der Waals surface area contributed by atoms with Gasteiger partial charge < -0.3 is 15.4 Å². The van der Waals surface area contributed by atoms with E-state index in [1.165, 1.54) is 12.1 Å². The molecule has 0 aromatic heterocycles. The average Bonchev–Trinajstić information content (AvgIpc) is 2.82. The lowest BCUT2D eigenvalue weighted by molar-refractivity contribution is -0.137. The van der Waals surface area contributed by atoms with Gasteiger partial charge in [0.1, 0.15) is 17.6 Å². The van der Waals surface area contributed by atoms with E-state index in [-0.39, 0.29) is 25.2 Å². The Balaban J connectivity index is 1.80. The van der Waals surface area contributed by atoms with Gasteiger partial charge in [-0.15, -0.1) is 0 Å². The summed E-state index contributed by atoms with van der Waals surface area (Å²) < 4.78 is 18.8. The van der Waals surface area contributed by atoms with Gasteiger partial charge in [-0.25, -0.2) is 9.87 Å². The number of hydroxylamine groups is 1. The molecule has 33 heavy (non-hydrogen) atoms. The first kappa shape index (κ1) is 24.3. The molecule has 2 radical (unpaired) electrons. The molecule has 0 spiro atoms. The highest BCUT2D eigenvalue weighted by molar-refractivity contribution is 6.25. The summed E-state index contributed by atoms with van der Waals surface area (Å²) >= 11 is 0. The summed E-state index contributed by atoms with van der Waals surface area (Å²) in [6.45, 7) is 0.442. The molecule has 4 N–H and O–H groups in total. The number of fused-ring (bicyclic) bond motifs is 11. The number of hydrogen-bond acceptors (Lipinski definition) is 5. The first-order valence-corrected chi connectivity index (χ1v) is 10.6. The third-order valence-electron chi connectivity index (χ3n) is 5.49. The number of nitrogens with one attached hydrogen (secondary N) is 3. The van der Waals surface area contributed by atoms with Gasteiger partial charge in [-0.2, -0.15) is 0 Å². The summed E-state index contributed by atoms with van der Waals surface area (Å²) in [7, 11) is 6.03. The average molecular weight is 453 g/mol. The molecular weight excluding hydrogens is 428 g/mol. The van der Waals surface area contributed by atoms with E-state index >= 15 is 0 Å². The van der Waals surface area contributed by atoms with E-state index in [4.69, 9.17) is 17.8 Å². The monoisotopic (exact) mass is 453 g/mol. The van der Waals surface area contributed by atoms with E-state index in [9.17, 15) is 18.8 Å². The van der Waals surface area contributed by atoms with Crippen LogP contribution in [0.25, 0.3) is 0 Å². The summed E-state index contributed by atoms with van der Waals surface area (Å²) in [4.78, 5) is 37.9. The SMILES string of the molecule is [B][C@H]1C(=O)N[C@H](C(=O)NCc2ccc(F)cc2)Cc2ccc(cc2)OCCC[C@@H]1C(=O)NO. The third kappa shape index (κ3) is 6.79. The number of hydrogen-bond donors (Lipinski definition) is 4. The highest BCUT2D eigenvalue weighted by Gasteiger charge is 2.32. The molecule has 3 atom stereocenters. The van der Waals surface area contributed by atoms with Crippen molar-refractivity contribution < 1.29 is 28.7 Å². The summed E-state index contributed by atoms with van der Waals surface area (Å²) in [6, 6.07) is 11.8. The maximum absolute atomic E-state index is 13.1. The van der Waals surface area contributed by atoms with Crippen molar-refractivity contribution in [2.75, 3.05) is 6.61 Å². The minimum atomic E-state index is -1.28. The molecule has 0 unspecified atom stereocenters. The topological polar surface area (TPSA) is 117 Å². The molecule has 172 valence electrons. The van der Waals surface area contributed by atoms with E-state index in [1.54, 1.807) is 41.9 Å². The van der Waals surface area contributed by atoms with Gasteiger partial charge in [0.25, 0.3) is 0 Å². The molecule has 8 nitrogen and oxygen atoms in total. The van der Waals surface area contributed by atoms with Crippen LogP contribution in [-0.2, 0) is 27.3 Å². The highest BCUT2D eigenvalue weighted by Crippen LogP contribution is 2.23. The van der Waals surface area contributed by atoms with Crippen molar-refractivity contribution in [1.29, 1.82) is 0 Å². The predicted molar refractivity (Wildman–Crippen MR) is 118 cm³/mol. The summed E-state index contributed by atoms with van der Waals surface area (Å²) in [5.41, 5.74) is 3.01. The fraction of sp³-hybridized carbons (Fsp3) is 0.348. The smallest absolute Gasteiger partial charge is 0.246 e. The molecule has 2 bridgehead atoms. The molecular formula is C23H25BFN3O5. The third-order valence-corrected chi connectivity index (χ3v) is 5.49. The molecule has 0 saturated carbocycles. The fourth-order valence-corrected chi connectivity index (χ4v) is 3.58. The molecule has 2 aromatic rings. The normalized spacial score (nSPS) is 21.3. The largest absolute Gasteiger partial charge is 0.494 e. The van der Waals surface area contributed by atoms with Crippen LogP contribution in [0.15, 0.2) is 48.5 Å². The Labute approximate surface area is 192 Å². The van der Waals surface area contributed by atoms with E-state index in [2.05, 4.69) is 10.6 Å². The minimum Gasteiger partial charge on any atom is -0.494 e. The quantitative estimate of drug-likeness (QED) is 0.318. The number of ether oxygens (including phenoxy) is 1. The van der Waals surface area contributed by atoms with E-state index in [0.29, 0.717) is 24.3 Å². The van der Waals surface area contributed by atoms with Crippen LogP contribution in [0.4, 0.5) is 4.39 Å². The number of rotatable bonds is 4. The van der Waals surface area contributed by atoms with Crippen molar-refractivity contribution in [2.24, 2.45) is 5.92 Å². The summed E-state index contributed by atoms with van der Waals surface area (Å²) in [6.07, 6.45) is 0.785. The van der Waals surface area contributed by atoms with Crippen LogP contribution in [-0.4, -0.2) is 43.4 Å².